The van der Waals surface area contributed by atoms with Crippen LogP contribution in [0.25, 0.3) is 0 Å². The molecule has 21 N–H and O–H groups in total. The van der Waals surface area contributed by atoms with Gasteiger partial charge in [0, 0.05) is 19.4 Å². The predicted octanol–water partition coefficient (Wildman–Crippen LogP) is -3.39. The molecular formula is C59H105N13O18. The van der Waals surface area contributed by atoms with Crippen molar-refractivity contribution in [3.8, 4) is 0 Å². The van der Waals surface area contributed by atoms with E-state index in [4.69, 9.17) is 17.2 Å². The van der Waals surface area contributed by atoms with Crippen molar-refractivity contribution in [1.82, 2.24) is 53.2 Å². The number of nitrogens with one attached hydrogen (secondary N) is 10. The Hall–Kier alpha value is -7.09. The van der Waals surface area contributed by atoms with Crippen molar-refractivity contribution in [3.63, 3.8) is 0 Å². The molecule has 1 fully saturated rings. The minimum atomic E-state index is -2.15. The van der Waals surface area contributed by atoms with Crippen LogP contribution in [0.1, 0.15) is 202 Å². The molecule has 0 aliphatic carbocycles. The maximum Gasteiger partial charge on any atom is 0.246 e. The first-order valence-corrected chi connectivity index (χ1v) is 31.7. The number of aliphatic hydroxyl groups excluding tert-OH is 5. The van der Waals surface area contributed by atoms with Crippen LogP contribution < -0.4 is 70.4 Å². The SMILES string of the molecule is CCCCCCCCC[C@@H](O)CC[C@H]1NC(=O)[C@@H]([C@@H](C)O)NC(=O)[C@@H]([C@H](C)O)NC(=O)[C@@H](C[C@@H](O)C(N)=O)NC(=O)[C@H](C)NC(=O)[C@@H](CC(N)=O)NC(=O)[C@H](CC(N)=O)NC(=O)[C@@H](CCCCCCC[C@@H](O)CCCCCC)NC(=O)CCNC(=O)CNC1=O. The minimum Gasteiger partial charge on any atom is -0.393 e. The van der Waals surface area contributed by atoms with Crippen molar-refractivity contribution in [2.75, 3.05) is 13.1 Å². The summed E-state index contributed by atoms with van der Waals surface area (Å²) in [6.07, 6.45) is 5.08. The van der Waals surface area contributed by atoms with E-state index in [-0.39, 0.29) is 25.8 Å². The Labute approximate surface area is 526 Å². The predicted molar refractivity (Wildman–Crippen MR) is 327 cm³/mol. The molecule has 0 spiro atoms. The summed E-state index contributed by atoms with van der Waals surface area (Å²) in [5, 5.41) is 76.5. The molecular weight excluding hydrogens is 1180 g/mol. The number of aliphatic hydroxyl groups is 5. The zero-order valence-corrected chi connectivity index (χ0v) is 53.1. The second-order valence-electron chi connectivity index (χ2n) is 23.4. The lowest BCUT2D eigenvalue weighted by Gasteiger charge is -2.29. The number of carbonyl (C=O) groups is 13. The molecule has 0 aromatic heterocycles. The first-order valence-electron chi connectivity index (χ1n) is 31.7. The van der Waals surface area contributed by atoms with Gasteiger partial charge in [0.1, 0.15) is 54.4 Å². The molecule has 31 nitrogen and oxygen atoms in total. The average Bonchev–Trinajstić information content (AvgIpc) is 2.80. The van der Waals surface area contributed by atoms with Crippen molar-refractivity contribution < 1.29 is 87.9 Å². The number of nitrogens with two attached hydrogens (primary N) is 3. The van der Waals surface area contributed by atoms with Gasteiger partial charge in [0.25, 0.3) is 0 Å². The van der Waals surface area contributed by atoms with Gasteiger partial charge in [-0.2, -0.15) is 0 Å². The van der Waals surface area contributed by atoms with Gasteiger partial charge in [-0.1, -0.05) is 117 Å². The van der Waals surface area contributed by atoms with Crippen LogP contribution in [0, 0.1) is 0 Å². The van der Waals surface area contributed by atoms with Gasteiger partial charge in [0.15, 0.2) is 0 Å². The molecule has 514 valence electrons. The van der Waals surface area contributed by atoms with Gasteiger partial charge in [0.2, 0.25) is 76.8 Å². The maximum absolute atomic E-state index is 14.1. The minimum absolute atomic E-state index is 0.0169. The molecule has 13 amide bonds. The number of unbranched alkanes of at least 4 members (excludes halogenated alkanes) is 13. The number of hydrogen-bond donors (Lipinski definition) is 18. The molecule has 0 unspecified atom stereocenters. The summed E-state index contributed by atoms with van der Waals surface area (Å²) in [4.78, 5) is 174. The van der Waals surface area contributed by atoms with Crippen molar-refractivity contribution in [2.24, 2.45) is 17.2 Å². The summed E-state index contributed by atoms with van der Waals surface area (Å²) in [5.41, 5.74) is 16.1. The van der Waals surface area contributed by atoms with Gasteiger partial charge >= 0.3 is 0 Å². The molecule has 90 heavy (non-hydrogen) atoms. The largest absolute Gasteiger partial charge is 0.393 e. The number of hydrogen-bond acceptors (Lipinski definition) is 18. The van der Waals surface area contributed by atoms with Crippen LogP contribution in [0.3, 0.4) is 0 Å². The van der Waals surface area contributed by atoms with Crippen LogP contribution in [0.15, 0.2) is 0 Å². The number of primary amides is 3. The van der Waals surface area contributed by atoms with Crippen molar-refractivity contribution in [1.29, 1.82) is 0 Å². The zero-order chi connectivity index (χ0) is 67.9. The lowest BCUT2D eigenvalue weighted by Crippen LogP contribution is -2.63. The molecule has 0 radical (unpaired) electrons. The summed E-state index contributed by atoms with van der Waals surface area (Å²) in [7, 11) is 0. The lowest BCUT2D eigenvalue weighted by molar-refractivity contribution is -0.139. The molecule has 31 heteroatoms. The summed E-state index contributed by atoms with van der Waals surface area (Å²) < 4.78 is 0. The molecule has 1 saturated heterocycles. The first kappa shape index (κ1) is 80.9. The van der Waals surface area contributed by atoms with E-state index >= 15 is 0 Å². The molecule has 1 aliphatic rings. The van der Waals surface area contributed by atoms with Crippen LogP contribution in [0.5, 0.6) is 0 Å². The summed E-state index contributed by atoms with van der Waals surface area (Å²) in [6.45, 7) is 6.31. The molecule has 1 aliphatic heterocycles. The monoisotopic (exact) mass is 1280 g/mol. The second-order valence-corrected chi connectivity index (χ2v) is 23.4. The third kappa shape index (κ3) is 34.8. The molecule has 1 rings (SSSR count). The highest BCUT2D eigenvalue weighted by Crippen LogP contribution is 2.17. The smallest absolute Gasteiger partial charge is 0.246 e. The van der Waals surface area contributed by atoms with E-state index in [2.05, 4.69) is 67.0 Å². The fourth-order valence-electron chi connectivity index (χ4n) is 9.70. The van der Waals surface area contributed by atoms with Crippen molar-refractivity contribution in [2.45, 2.75) is 280 Å². The van der Waals surface area contributed by atoms with Crippen LogP contribution in [0.4, 0.5) is 0 Å². The Bertz CT molecular complexity index is 2310. The fraction of sp³-hybridized carbons (Fsp3) is 0.780. The highest BCUT2D eigenvalue weighted by atomic mass is 16.3. The third-order valence-corrected chi connectivity index (χ3v) is 15.1. The number of carbonyl (C=O) groups excluding carboxylic acids is 13. The van der Waals surface area contributed by atoms with Crippen LogP contribution in [0.2, 0.25) is 0 Å². The molecule has 0 aromatic carbocycles. The van der Waals surface area contributed by atoms with Crippen LogP contribution >= 0.6 is 0 Å². The van der Waals surface area contributed by atoms with E-state index in [1.807, 2.05) is 0 Å². The van der Waals surface area contributed by atoms with Gasteiger partial charge in [-0.15, -0.1) is 0 Å². The maximum atomic E-state index is 14.1. The Morgan fingerprint density at radius 2 is 0.833 bits per heavy atom. The van der Waals surface area contributed by atoms with E-state index in [0.29, 0.717) is 44.9 Å². The highest BCUT2D eigenvalue weighted by molar-refractivity contribution is 6.00. The second kappa shape index (κ2) is 45.2. The molecule has 0 aromatic rings. The normalized spacial score (nSPS) is 23.8. The van der Waals surface area contributed by atoms with Gasteiger partial charge in [-0.3, -0.25) is 62.3 Å². The van der Waals surface area contributed by atoms with E-state index in [1.165, 1.54) is 0 Å². The molecule has 0 bridgehead atoms. The Kier molecular flexibility index (Phi) is 40.6. The standard InChI is InChI=1S/C59H105N13O18/c1-6-8-10-12-13-15-20-24-38(76)26-27-40-53(84)64-33-48(81)63-29-28-47(80)66-39(25-21-17-14-16-19-23-37(75)22-18-11-9-7-2)54(85)69-43(32-46(61)79)56(87)70-42(31-45(60)78)55(86)65-34(3)52(83)68-41(30-44(77)51(62)82)57(88)71-50(36(5)74)59(90)72-49(35(4)73)58(89)67-40/h34-44,49-50,73-77H,6-33H2,1-5H3,(H2,60,78)(H2,61,79)(H2,62,82)(H,63,81)(H,64,84)(H,65,86)(H,66,80)(H,67,89)(H,68,83)(H,69,85)(H,70,87)(H,71,88)(H,72,90)/t34-,35+,36-,37-,38+,39+,40+,41+,42+,43-,44+,49+,50+/m0/s1. The molecule has 1 heterocycles. The van der Waals surface area contributed by atoms with Crippen LogP contribution in [-0.4, -0.2) is 194 Å². The van der Waals surface area contributed by atoms with E-state index < -0.39 is 188 Å². The van der Waals surface area contributed by atoms with Gasteiger partial charge in [0.05, 0.1) is 43.8 Å². The number of rotatable bonds is 33. The van der Waals surface area contributed by atoms with E-state index in [0.717, 1.165) is 97.8 Å². The third-order valence-electron chi connectivity index (χ3n) is 15.1. The Morgan fingerprint density at radius 3 is 1.33 bits per heavy atom. The molecule has 13 atom stereocenters. The zero-order valence-electron chi connectivity index (χ0n) is 53.1. The van der Waals surface area contributed by atoms with E-state index in [9.17, 15) is 87.9 Å². The van der Waals surface area contributed by atoms with Gasteiger partial charge in [-0.25, -0.2) is 0 Å². The fourth-order valence-corrected chi connectivity index (χ4v) is 9.70. The van der Waals surface area contributed by atoms with Crippen LogP contribution in [-0.2, 0) is 62.3 Å². The van der Waals surface area contributed by atoms with E-state index in [1.54, 1.807) is 0 Å². The lowest BCUT2D eigenvalue weighted by atomic mass is 10.0. The topological polar surface area (TPSA) is 521 Å². The molecule has 0 saturated carbocycles. The quantitative estimate of drug-likeness (QED) is 0.0285. The summed E-state index contributed by atoms with van der Waals surface area (Å²) in [5.74, 6) is -14.9. The van der Waals surface area contributed by atoms with Gasteiger partial charge < -0.3 is 95.9 Å². The first-order chi connectivity index (χ1) is 42.5. The van der Waals surface area contributed by atoms with Crippen molar-refractivity contribution >= 4 is 76.8 Å². The number of amides is 13. The summed E-state index contributed by atoms with van der Waals surface area (Å²) in [6, 6.07) is -14.4. The summed E-state index contributed by atoms with van der Waals surface area (Å²) >= 11 is 0. The van der Waals surface area contributed by atoms with Gasteiger partial charge in [-0.05, 0) is 59.3 Å². The average molecular weight is 1280 g/mol. The Morgan fingerprint density at radius 1 is 0.433 bits per heavy atom. The Balaban J connectivity index is 3.78. The van der Waals surface area contributed by atoms with Crippen molar-refractivity contribution in [3.05, 3.63) is 0 Å². The highest BCUT2D eigenvalue weighted by Gasteiger charge is 2.38.